The first-order valence-electron chi connectivity index (χ1n) is 8.35. The molecule has 0 spiro atoms. The topological polar surface area (TPSA) is 61.9 Å². The molecule has 0 aliphatic carbocycles. The number of nitrogens with zero attached hydrogens (tertiary/aromatic N) is 2. The van der Waals surface area contributed by atoms with Crippen molar-refractivity contribution in [1.82, 2.24) is 9.80 Å². The molecule has 0 bridgehead atoms. The number of nitrogens with one attached hydrogen (secondary N) is 1. The van der Waals surface area contributed by atoms with Crippen LogP contribution in [0, 0.1) is 5.92 Å². The molecule has 1 aliphatic rings. The minimum absolute atomic E-state index is 0.0534. The highest BCUT2D eigenvalue weighted by Crippen LogP contribution is 2.21. The summed E-state index contributed by atoms with van der Waals surface area (Å²) in [4.78, 5) is 28.2. The van der Waals surface area contributed by atoms with Gasteiger partial charge in [0.2, 0.25) is 11.8 Å². The number of carbonyl (C=O) groups is 2. The van der Waals surface area contributed by atoms with Gasteiger partial charge in [0, 0.05) is 31.7 Å². The Balaban J connectivity index is 1.87. The maximum absolute atomic E-state index is 12.4. The van der Waals surface area contributed by atoms with Gasteiger partial charge in [-0.1, -0.05) is 0 Å². The molecule has 132 valence electrons. The van der Waals surface area contributed by atoms with Crippen LogP contribution in [-0.2, 0) is 9.59 Å². The Hall–Kier alpha value is -2.08. The molecular formula is C18H27N3O3. The zero-order valence-corrected chi connectivity index (χ0v) is 14.9. The first-order valence-corrected chi connectivity index (χ1v) is 8.35. The molecule has 0 radical (unpaired) electrons. The molecular weight excluding hydrogens is 306 g/mol. The maximum Gasteiger partial charge on any atom is 0.229 e. The average molecular weight is 333 g/mol. The Morgan fingerprint density at radius 2 is 2.00 bits per heavy atom. The number of likely N-dealkylation sites (tertiary alicyclic amines) is 1. The highest BCUT2D eigenvalue weighted by molar-refractivity contribution is 5.97. The van der Waals surface area contributed by atoms with E-state index in [9.17, 15) is 9.59 Å². The highest BCUT2D eigenvalue weighted by atomic mass is 16.5. The molecule has 6 nitrogen and oxygen atoms in total. The summed E-state index contributed by atoms with van der Waals surface area (Å²) in [5.41, 5.74) is 0.718. The van der Waals surface area contributed by atoms with Gasteiger partial charge in [-0.2, -0.15) is 0 Å². The molecule has 1 atom stereocenters. The molecule has 2 rings (SSSR count). The fourth-order valence-corrected chi connectivity index (χ4v) is 2.62. The van der Waals surface area contributed by atoms with Gasteiger partial charge in [-0.05, 0) is 52.2 Å². The van der Waals surface area contributed by atoms with Gasteiger partial charge in [-0.25, -0.2) is 0 Å². The summed E-state index contributed by atoms with van der Waals surface area (Å²) < 4.78 is 5.58. The predicted molar refractivity (Wildman–Crippen MR) is 94.1 cm³/mol. The number of hydrogen-bond donors (Lipinski definition) is 1. The van der Waals surface area contributed by atoms with Crippen molar-refractivity contribution in [1.29, 1.82) is 0 Å². The zero-order chi connectivity index (χ0) is 17.7. The van der Waals surface area contributed by atoms with Crippen molar-refractivity contribution in [3.63, 3.8) is 0 Å². The standard InChI is InChI=1S/C18H27N3O3/c1-13(2)24-16-7-5-15(6-8-16)19-18(23)14-11-17(22)21(12-14)10-9-20(3)4/h5-8,13-14H,9-12H2,1-4H3,(H,19,23). The third-order valence-corrected chi connectivity index (χ3v) is 3.90. The molecule has 6 heteroatoms. The number of ether oxygens (including phenoxy) is 1. The number of rotatable bonds is 7. The normalized spacial score (nSPS) is 17.7. The van der Waals surface area contributed by atoms with Gasteiger partial charge < -0.3 is 19.9 Å². The summed E-state index contributed by atoms with van der Waals surface area (Å²) in [6.07, 6.45) is 0.399. The summed E-state index contributed by atoms with van der Waals surface area (Å²) in [6.45, 7) is 5.89. The Bertz CT molecular complexity index is 569. The van der Waals surface area contributed by atoms with Gasteiger partial charge in [-0.3, -0.25) is 9.59 Å². The summed E-state index contributed by atoms with van der Waals surface area (Å²) in [7, 11) is 3.94. The monoisotopic (exact) mass is 333 g/mol. The molecule has 1 fully saturated rings. The molecule has 1 heterocycles. The molecule has 0 saturated carbocycles. The lowest BCUT2D eigenvalue weighted by Crippen LogP contribution is -2.33. The molecule has 2 amide bonds. The van der Waals surface area contributed by atoms with Crippen molar-refractivity contribution < 1.29 is 14.3 Å². The van der Waals surface area contributed by atoms with E-state index < -0.39 is 0 Å². The van der Waals surface area contributed by atoms with Crippen LogP contribution in [0.15, 0.2) is 24.3 Å². The largest absolute Gasteiger partial charge is 0.491 e. The van der Waals surface area contributed by atoms with Gasteiger partial charge in [0.25, 0.3) is 0 Å². The molecule has 0 aromatic heterocycles. The van der Waals surface area contributed by atoms with E-state index in [0.717, 1.165) is 18.0 Å². The summed E-state index contributed by atoms with van der Waals surface area (Å²) in [5.74, 6) is 0.436. The number of hydrogen-bond acceptors (Lipinski definition) is 4. The summed E-state index contributed by atoms with van der Waals surface area (Å²) in [5, 5.41) is 2.89. The van der Waals surface area contributed by atoms with E-state index in [1.54, 1.807) is 4.90 Å². The Kier molecular flexibility index (Phi) is 6.20. The van der Waals surface area contributed by atoms with Crippen LogP contribution in [0.3, 0.4) is 0 Å². The van der Waals surface area contributed by atoms with E-state index in [-0.39, 0.29) is 30.3 Å². The SMILES string of the molecule is CC(C)Oc1ccc(NC(=O)C2CC(=O)N(CCN(C)C)C2)cc1. The van der Waals surface area contributed by atoms with Crippen molar-refractivity contribution in [3.8, 4) is 5.75 Å². The molecule has 1 aromatic carbocycles. The smallest absolute Gasteiger partial charge is 0.229 e. The fourth-order valence-electron chi connectivity index (χ4n) is 2.62. The van der Waals surface area contributed by atoms with E-state index >= 15 is 0 Å². The second-order valence-electron chi connectivity index (χ2n) is 6.72. The first kappa shape index (κ1) is 18.3. The van der Waals surface area contributed by atoms with Gasteiger partial charge in [0.05, 0.1) is 12.0 Å². The van der Waals surface area contributed by atoms with Crippen LogP contribution in [0.5, 0.6) is 5.75 Å². The van der Waals surface area contributed by atoms with Crippen molar-refractivity contribution >= 4 is 17.5 Å². The van der Waals surface area contributed by atoms with Gasteiger partial charge in [-0.15, -0.1) is 0 Å². The minimum atomic E-state index is -0.286. The van der Waals surface area contributed by atoms with Crippen LogP contribution in [-0.4, -0.2) is 61.4 Å². The average Bonchev–Trinajstić information content (AvgIpc) is 2.88. The number of amides is 2. The quantitative estimate of drug-likeness (QED) is 0.827. The van der Waals surface area contributed by atoms with E-state index in [0.29, 0.717) is 13.1 Å². The van der Waals surface area contributed by atoms with Gasteiger partial charge in [0.1, 0.15) is 5.75 Å². The van der Waals surface area contributed by atoms with Gasteiger partial charge >= 0.3 is 0 Å². The molecule has 1 aliphatic heterocycles. The third kappa shape index (κ3) is 5.23. The minimum Gasteiger partial charge on any atom is -0.491 e. The summed E-state index contributed by atoms with van der Waals surface area (Å²) >= 11 is 0. The Morgan fingerprint density at radius 1 is 1.33 bits per heavy atom. The second kappa shape index (κ2) is 8.15. The van der Waals surface area contributed by atoms with Crippen LogP contribution < -0.4 is 10.1 Å². The first-order chi connectivity index (χ1) is 11.3. The van der Waals surface area contributed by atoms with Crippen molar-refractivity contribution in [2.45, 2.75) is 26.4 Å². The lowest BCUT2D eigenvalue weighted by atomic mass is 10.1. The van der Waals surface area contributed by atoms with Crippen molar-refractivity contribution in [2.75, 3.05) is 39.0 Å². The molecule has 1 N–H and O–H groups in total. The van der Waals surface area contributed by atoms with Crippen LogP contribution in [0.25, 0.3) is 0 Å². The van der Waals surface area contributed by atoms with Crippen molar-refractivity contribution in [2.24, 2.45) is 5.92 Å². The zero-order valence-electron chi connectivity index (χ0n) is 14.9. The third-order valence-electron chi connectivity index (χ3n) is 3.90. The summed E-state index contributed by atoms with van der Waals surface area (Å²) in [6, 6.07) is 7.30. The van der Waals surface area contributed by atoms with Crippen molar-refractivity contribution in [3.05, 3.63) is 24.3 Å². The van der Waals surface area contributed by atoms with Crippen LogP contribution in [0.1, 0.15) is 20.3 Å². The lowest BCUT2D eigenvalue weighted by molar-refractivity contribution is -0.128. The highest BCUT2D eigenvalue weighted by Gasteiger charge is 2.34. The van der Waals surface area contributed by atoms with Crippen LogP contribution in [0.2, 0.25) is 0 Å². The van der Waals surface area contributed by atoms with Crippen LogP contribution >= 0.6 is 0 Å². The second-order valence-corrected chi connectivity index (χ2v) is 6.72. The molecule has 24 heavy (non-hydrogen) atoms. The predicted octanol–water partition coefficient (Wildman–Crippen LogP) is 1.82. The molecule has 1 unspecified atom stereocenters. The van der Waals surface area contributed by atoms with E-state index in [1.165, 1.54) is 0 Å². The van der Waals surface area contributed by atoms with Crippen LogP contribution in [0.4, 0.5) is 5.69 Å². The molecule has 1 saturated heterocycles. The number of carbonyl (C=O) groups excluding carboxylic acids is 2. The maximum atomic E-state index is 12.4. The Morgan fingerprint density at radius 3 is 2.58 bits per heavy atom. The number of likely N-dealkylation sites (N-methyl/N-ethyl adjacent to an activating group) is 1. The molecule has 1 aromatic rings. The van der Waals surface area contributed by atoms with E-state index in [1.807, 2.05) is 57.1 Å². The lowest BCUT2D eigenvalue weighted by Gasteiger charge is -2.19. The number of benzene rings is 1. The number of anilines is 1. The van der Waals surface area contributed by atoms with Gasteiger partial charge in [0.15, 0.2) is 0 Å². The van der Waals surface area contributed by atoms with E-state index in [4.69, 9.17) is 4.74 Å². The fraction of sp³-hybridized carbons (Fsp3) is 0.556. The van der Waals surface area contributed by atoms with E-state index in [2.05, 4.69) is 5.32 Å². The Labute approximate surface area is 143 Å².